The number of nitro groups is 1. The number of anilines is 1. The average Bonchev–Trinajstić information content (AvgIpc) is 3.36. The van der Waals surface area contributed by atoms with Crippen molar-refractivity contribution in [2.75, 3.05) is 19.1 Å². The summed E-state index contributed by atoms with van der Waals surface area (Å²) in [5.41, 5.74) is 4.99. The molecule has 3 aromatic rings. The molecule has 1 aliphatic rings. The first-order chi connectivity index (χ1) is 17.0. The number of nitrogens with zero attached hydrogens (tertiary/aromatic N) is 4. The second-order valence-corrected chi connectivity index (χ2v) is 9.49. The summed E-state index contributed by atoms with van der Waals surface area (Å²) in [6.45, 7) is 4.76. The molecule has 0 aliphatic carbocycles. The molecule has 0 unspecified atom stereocenters. The Morgan fingerprint density at radius 3 is 2.75 bits per heavy atom. The summed E-state index contributed by atoms with van der Waals surface area (Å²) < 4.78 is 19.0. The van der Waals surface area contributed by atoms with Crippen molar-refractivity contribution in [2.24, 2.45) is 5.41 Å². The predicted octanol–water partition coefficient (Wildman–Crippen LogP) is 1.01. The lowest BCUT2D eigenvalue weighted by Gasteiger charge is -2.31. The summed E-state index contributed by atoms with van der Waals surface area (Å²) in [6.07, 6.45) is -3.78. The summed E-state index contributed by atoms with van der Waals surface area (Å²) in [5.74, 6) is -0.134. The molecule has 14 nitrogen and oxygen atoms in total. The van der Waals surface area contributed by atoms with Crippen LogP contribution in [0.25, 0.3) is 11.2 Å². The summed E-state index contributed by atoms with van der Waals surface area (Å²) >= 11 is 0. The van der Waals surface area contributed by atoms with Gasteiger partial charge in [0.25, 0.3) is 11.2 Å². The molecule has 5 N–H and O–H groups in total. The molecule has 0 saturated carbocycles. The number of aliphatic hydroxyl groups is 2. The van der Waals surface area contributed by atoms with Crippen molar-refractivity contribution in [2.45, 2.75) is 51.4 Å². The van der Waals surface area contributed by atoms with Crippen molar-refractivity contribution in [3.63, 3.8) is 0 Å². The van der Waals surface area contributed by atoms with Gasteiger partial charge in [-0.3, -0.25) is 24.5 Å². The van der Waals surface area contributed by atoms with Crippen LogP contribution in [0.2, 0.25) is 0 Å². The maximum Gasteiger partial charge on any atom is 0.280 e. The van der Waals surface area contributed by atoms with Crippen molar-refractivity contribution >= 4 is 22.8 Å². The van der Waals surface area contributed by atoms with Gasteiger partial charge in [0.2, 0.25) is 5.95 Å². The Hall–Kier alpha value is -3.43. The van der Waals surface area contributed by atoms with Gasteiger partial charge in [-0.05, 0) is 11.5 Å². The number of hydrogen-bond donors (Lipinski definition) is 4. The van der Waals surface area contributed by atoms with Gasteiger partial charge in [-0.2, -0.15) is 4.98 Å². The van der Waals surface area contributed by atoms with Crippen molar-refractivity contribution in [1.29, 1.82) is 0 Å². The van der Waals surface area contributed by atoms with E-state index in [1.165, 1.54) is 17.0 Å². The molecule has 3 heterocycles. The number of aromatic nitrogens is 4. The average molecular weight is 505 g/mol. The van der Waals surface area contributed by atoms with E-state index in [-0.39, 0.29) is 29.6 Å². The Labute approximate surface area is 204 Å². The normalized spacial score (nSPS) is 23.2. The molecule has 1 fully saturated rings. The maximum atomic E-state index is 12.2. The fraction of sp³-hybridized carbons (Fsp3) is 0.500. The standard InChI is InChI=1S/C22H28N6O8/c1-22(2,3)17(11-6-4-5-7-12(11)28(32)33)35-10-34-16-15(30)13(8-29)36-20(16)27-9-24-14-18(27)25-21(23)26-19(14)31/h4-7,9,13,15-17,20,29-30H,8,10H2,1-3H3,(H3,23,25,26,31)/t13-,15-,16-,17+,20-/m1/s1. The zero-order chi connectivity index (χ0) is 26.2. The lowest BCUT2D eigenvalue weighted by atomic mass is 9.84. The van der Waals surface area contributed by atoms with Gasteiger partial charge >= 0.3 is 0 Å². The van der Waals surface area contributed by atoms with Gasteiger partial charge in [-0.1, -0.05) is 32.9 Å². The van der Waals surface area contributed by atoms with E-state index in [9.17, 15) is 25.1 Å². The largest absolute Gasteiger partial charge is 0.394 e. The molecule has 1 saturated heterocycles. The molecular formula is C22H28N6O8. The second-order valence-electron chi connectivity index (χ2n) is 9.49. The van der Waals surface area contributed by atoms with Crippen molar-refractivity contribution in [1.82, 2.24) is 19.5 Å². The van der Waals surface area contributed by atoms with Crippen LogP contribution in [-0.4, -0.2) is 66.4 Å². The van der Waals surface area contributed by atoms with E-state index in [1.54, 1.807) is 18.2 Å². The molecule has 0 radical (unpaired) electrons. The topological polar surface area (TPSA) is 201 Å². The molecule has 1 aliphatic heterocycles. The minimum absolute atomic E-state index is 0.00826. The van der Waals surface area contributed by atoms with Crippen molar-refractivity contribution in [3.8, 4) is 0 Å². The van der Waals surface area contributed by atoms with Gasteiger partial charge in [0, 0.05) is 6.07 Å². The Balaban J connectivity index is 1.60. The Kier molecular flexibility index (Phi) is 7.06. The van der Waals surface area contributed by atoms with Crippen LogP contribution in [-0.2, 0) is 14.2 Å². The first kappa shape index (κ1) is 25.7. The SMILES string of the molecule is CC(C)(C)[C@@H](OCO[C@@H]1[C@H](O)[C@@H](CO)O[C@H]1n1cnc2c(=O)[nH]c(N)nc21)c1ccccc1[N+](=O)[O-]. The fourth-order valence-electron chi connectivity index (χ4n) is 4.27. The van der Waals surface area contributed by atoms with Crippen LogP contribution in [0.1, 0.15) is 38.7 Å². The van der Waals surface area contributed by atoms with Crippen LogP contribution >= 0.6 is 0 Å². The lowest BCUT2D eigenvalue weighted by molar-refractivity contribution is -0.386. The van der Waals surface area contributed by atoms with Gasteiger partial charge in [-0.15, -0.1) is 0 Å². The van der Waals surface area contributed by atoms with Crippen LogP contribution in [0.4, 0.5) is 11.6 Å². The molecule has 5 atom stereocenters. The number of imidazole rings is 1. The molecular weight excluding hydrogens is 476 g/mol. The van der Waals surface area contributed by atoms with Gasteiger partial charge in [0.1, 0.15) is 25.1 Å². The minimum Gasteiger partial charge on any atom is -0.394 e. The number of nitrogens with one attached hydrogen (secondary N) is 1. The number of hydrogen-bond acceptors (Lipinski definition) is 11. The van der Waals surface area contributed by atoms with E-state index < -0.39 is 53.1 Å². The van der Waals surface area contributed by atoms with E-state index in [1.807, 2.05) is 20.8 Å². The summed E-state index contributed by atoms with van der Waals surface area (Å²) in [7, 11) is 0. The zero-order valence-corrected chi connectivity index (χ0v) is 19.9. The van der Waals surface area contributed by atoms with E-state index in [0.29, 0.717) is 5.56 Å². The van der Waals surface area contributed by atoms with Crippen molar-refractivity contribution in [3.05, 3.63) is 56.6 Å². The number of para-hydroxylation sites is 1. The highest BCUT2D eigenvalue weighted by molar-refractivity contribution is 5.70. The molecule has 0 amide bonds. The number of fused-ring (bicyclic) bond motifs is 1. The molecule has 0 spiro atoms. The number of H-pyrrole nitrogens is 1. The van der Waals surface area contributed by atoms with Crippen LogP contribution in [0.15, 0.2) is 35.4 Å². The van der Waals surface area contributed by atoms with Crippen LogP contribution < -0.4 is 11.3 Å². The smallest absolute Gasteiger partial charge is 0.280 e. The highest BCUT2D eigenvalue weighted by atomic mass is 16.7. The van der Waals surface area contributed by atoms with Gasteiger partial charge in [0.15, 0.2) is 17.4 Å². The Morgan fingerprint density at radius 1 is 1.36 bits per heavy atom. The Morgan fingerprint density at radius 2 is 2.08 bits per heavy atom. The van der Waals surface area contributed by atoms with E-state index in [0.717, 1.165) is 0 Å². The summed E-state index contributed by atoms with van der Waals surface area (Å²) in [5, 5.41) is 32.0. The third kappa shape index (κ3) is 4.81. The quantitative estimate of drug-likeness (QED) is 0.194. The predicted molar refractivity (Wildman–Crippen MR) is 126 cm³/mol. The van der Waals surface area contributed by atoms with Gasteiger partial charge in [0.05, 0.1) is 29.5 Å². The number of nitro benzene ring substituents is 1. The molecule has 4 rings (SSSR count). The maximum absolute atomic E-state index is 12.2. The summed E-state index contributed by atoms with van der Waals surface area (Å²) in [4.78, 5) is 33.8. The van der Waals surface area contributed by atoms with Crippen LogP contribution in [0.3, 0.4) is 0 Å². The number of nitrogens with two attached hydrogens (primary N) is 1. The zero-order valence-electron chi connectivity index (χ0n) is 19.9. The summed E-state index contributed by atoms with van der Waals surface area (Å²) in [6, 6.07) is 6.29. The third-order valence-electron chi connectivity index (χ3n) is 5.92. The molecule has 14 heteroatoms. The molecule has 36 heavy (non-hydrogen) atoms. The van der Waals surface area contributed by atoms with E-state index >= 15 is 0 Å². The number of rotatable bonds is 8. The monoisotopic (exact) mass is 504 g/mol. The van der Waals surface area contributed by atoms with E-state index in [2.05, 4.69) is 15.0 Å². The molecule has 1 aromatic carbocycles. The highest BCUT2D eigenvalue weighted by Gasteiger charge is 2.46. The number of nitrogen functional groups attached to an aromatic ring is 1. The number of ether oxygens (including phenoxy) is 3. The van der Waals surface area contributed by atoms with Gasteiger partial charge in [-0.25, -0.2) is 4.98 Å². The minimum atomic E-state index is -1.26. The number of aliphatic hydroxyl groups excluding tert-OH is 2. The number of aromatic amines is 1. The van der Waals surface area contributed by atoms with E-state index in [4.69, 9.17) is 19.9 Å². The molecule has 2 aromatic heterocycles. The Bertz CT molecular complexity index is 1300. The second kappa shape index (κ2) is 9.91. The lowest BCUT2D eigenvalue weighted by Crippen LogP contribution is -2.36. The fourth-order valence-corrected chi connectivity index (χ4v) is 4.27. The van der Waals surface area contributed by atoms with Crippen LogP contribution in [0, 0.1) is 15.5 Å². The first-order valence-corrected chi connectivity index (χ1v) is 11.2. The molecule has 0 bridgehead atoms. The van der Waals surface area contributed by atoms with Gasteiger partial charge < -0.3 is 30.2 Å². The van der Waals surface area contributed by atoms with Crippen LogP contribution in [0.5, 0.6) is 0 Å². The first-order valence-electron chi connectivity index (χ1n) is 11.2. The van der Waals surface area contributed by atoms with Crippen molar-refractivity contribution < 1.29 is 29.3 Å². The third-order valence-corrected chi connectivity index (χ3v) is 5.92. The number of benzene rings is 1. The molecule has 194 valence electrons. The highest BCUT2D eigenvalue weighted by Crippen LogP contribution is 2.40.